The maximum absolute atomic E-state index is 6.18. The van der Waals surface area contributed by atoms with E-state index in [2.05, 4.69) is 51.6 Å². The zero-order valence-corrected chi connectivity index (χ0v) is 14.2. The second kappa shape index (κ2) is 5.68. The van der Waals surface area contributed by atoms with Crippen molar-refractivity contribution in [1.82, 2.24) is 9.80 Å². The van der Waals surface area contributed by atoms with E-state index in [4.69, 9.17) is 11.5 Å². The van der Waals surface area contributed by atoms with Gasteiger partial charge in [-0.2, -0.15) is 0 Å². The van der Waals surface area contributed by atoms with Crippen LogP contribution in [0.25, 0.3) is 0 Å². The summed E-state index contributed by atoms with van der Waals surface area (Å²) in [6.07, 6.45) is 5.96. The lowest BCUT2D eigenvalue weighted by atomic mass is 9.77. The van der Waals surface area contributed by atoms with E-state index < -0.39 is 0 Å². The highest BCUT2D eigenvalue weighted by Gasteiger charge is 2.44. The Morgan fingerprint density at radius 2 is 1.55 bits per heavy atom. The molecule has 1 aliphatic rings. The molecule has 1 heterocycles. The summed E-state index contributed by atoms with van der Waals surface area (Å²) in [7, 11) is 4.30. The molecule has 0 aromatic carbocycles. The second-order valence-electron chi connectivity index (χ2n) is 7.36. The Bertz CT molecular complexity index is 385. The summed E-state index contributed by atoms with van der Waals surface area (Å²) in [5, 5.41) is 0. The summed E-state index contributed by atoms with van der Waals surface area (Å²) in [4.78, 5) is 4.67. The molecule has 0 amide bonds. The van der Waals surface area contributed by atoms with Crippen molar-refractivity contribution < 1.29 is 0 Å². The molecule has 1 rings (SSSR count). The second-order valence-corrected chi connectivity index (χ2v) is 7.36. The number of piperidine rings is 1. The van der Waals surface area contributed by atoms with Gasteiger partial charge in [0.05, 0.1) is 5.82 Å². The van der Waals surface area contributed by atoms with Crippen LogP contribution in [0.5, 0.6) is 0 Å². The van der Waals surface area contributed by atoms with Crippen molar-refractivity contribution in [3.05, 3.63) is 23.7 Å². The Morgan fingerprint density at radius 1 is 1.10 bits per heavy atom. The van der Waals surface area contributed by atoms with Crippen LogP contribution in [0.15, 0.2) is 23.7 Å². The Morgan fingerprint density at radius 3 is 1.95 bits per heavy atom. The third-order valence-electron chi connectivity index (χ3n) is 4.76. The number of nitrogens with zero attached hydrogens (tertiary/aromatic N) is 2. The summed E-state index contributed by atoms with van der Waals surface area (Å²) in [5.41, 5.74) is 12.9. The Kier molecular flexibility index (Phi) is 4.80. The summed E-state index contributed by atoms with van der Waals surface area (Å²) < 4.78 is 0. The average molecular weight is 280 g/mol. The first kappa shape index (κ1) is 16.9. The molecular weight excluding hydrogens is 248 g/mol. The van der Waals surface area contributed by atoms with Gasteiger partial charge in [0, 0.05) is 29.9 Å². The molecule has 0 spiro atoms. The van der Waals surface area contributed by atoms with Crippen LogP contribution in [-0.2, 0) is 0 Å². The van der Waals surface area contributed by atoms with Gasteiger partial charge in [-0.25, -0.2) is 0 Å². The quantitative estimate of drug-likeness (QED) is 0.778. The van der Waals surface area contributed by atoms with Gasteiger partial charge < -0.3 is 16.4 Å². The molecule has 0 unspecified atom stereocenters. The Labute approximate surface area is 124 Å². The number of hydrogen-bond acceptors (Lipinski definition) is 4. The maximum Gasteiger partial charge on any atom is 0.0986 e. The zero-order valence-electron chi connectivity index (χ0n) is 14.2. The molecule has 116 valence electrons. The van der Waals surface area contributed by atoms with Crippen LogP contribution < -0.4 is 11.5 Å². The van der Waals surface area contributed by atoms with Gasteiger partial charge in [0.25, 0.3) is 0 Å². The minimum Gasteiger partial charge on any atom is -0.402 e. The molecular formula is C16H32N4. The number of allylic oxidation sites excluding steroid dienone is 3. The molecule has 0 radical (unpaired) electrons. The van der Waals surface area contributed by atoms with Gasteiger partial charge >= 0.3 is 0 Å². The van der Waals surface area contributed by atoms with Crippen LogP contribution in [0.2, 0.25) is 0 Å². The average Bonchev–Trinajstić information content (AvgIpc) is 2.31. The zero-order chi connectivity index (χ0) is 15.7. The summed E-state index contributed by atoms with van der Waals surface area (Å²) in [5.74, 6) is 0.774. The lowest BCUT2D eigenvalue weighted by molar-refractivity contribution is -0.0367. The standard InChI is InChI=1S/C16H32N4/c1-12(17)8-9-14(18)19(6)13-10-15(2,3)20(7)16(4,5)11-13/h8-9,13H,10-11,17-18H2,1-7H3/b12-8-,14-9+. The molecule has 1 saturated heterocycles. The summed E-state index contributed by atoms with van der Waals surface area (Å²) >= 11 is 0. The fraction of sp³-hybridized carbons (Fsp3) is 0.750. The number of hydrogen-bond donors (Lipinski definition) is 2. The van der Waals surface area contributed by atoms with E-state index in [0.29, 0.717) is 6.04 Å². The van der Waals surface area contributed by atoms with E-state index in [1.165, 1.54) is 0 Å². The van der Waals surface area contributed by atoms with Crippen LogP contribution in [0.1, 0.15) is 47.5 Å². The van der Waals surface area contributed by atoms with Gasteiger partial charge in [-0.15, -0.1) is 0 Å². The van der Waals surface area contributed by atoms with E-state index in [0.717, 1.165) is 24.4 Å². The van der Waals surface area contributed by atoms with Gasteiger partial charge in [0.2, 0.25) is 0 Å². The number of likely N-dealkylation sites (tertiary alicyclic amines) is 1. The van der Waals surface area contributed by atoms with Crippen LogP contribution >= 0.6 is 0 Å². The Balaban J connectivity index is 2.92. The molecule has 4 nitrogen and oxygen atoms in total. The predicted molar refractivity (Wildman–Crippen MR) is 86.9 cm³/mol. The minimum absolute atomic E-state index is 0.167. The van der Waals surface area contributed by atoms with E-state index in [-0.39, 0.29) is 11.1 Å². The molecule has 0 atom stereocenters. The summed E-state index contributed by atoms with van der Waals surface area (Å²) in [6.45, 7) is 11.1. The van der Waals surface area contributed by atoms with Crippen molar-refractivity contribution in [2.45, 2.75) is 64.6 Å². The number of rotatable bonds is 3. The van der Waals surface area contributed by atoms with Crippen LogP contribution in [0, 0.1) is 0 Å². The normalized spacial score (nSPS) is 24.8. The van der Waals surface area contributed by atoms with Gasteiger partial charge in [0.1, 0.15) is 0 Å². The first-order chi connectivity index (χ1) is 8.97. The summed E-state index contributed by atoms with van der Waals surface area (Å²) in [6, 6.07) is 0.443. The highest BCUT2D eigenvalue weighted by atomic mass is 15.3. The molecule has 0 bridgehead atoms. The van der Waals surface area contributed by atoms with E-state index in [9.17, 15) is 0 Å². The smallest absolute Gasteiger partial charge is 0.0986 e. The molecule has 4 heteroatoms. The fourth-order valence-corrected chi connectivity index (χ4v) is 3.14. The lowest BCUT2D eigenvalue weighted by Gasteiger charge is -2.55. The van der Waals surface area contributed by atoms with Crippen molar-refractivity contribution in [2.75, 3.05) is 14.1 Å². The van der Waals surface area contributed by atoms with Crippen LogP contribution in [0.3, 0.4) is 0 Å². The molecule has 1 fully saturated rings. The van der Waals surface area contributed by atoms with Crippen molar-refractivity contribution in [2.24, 2.45) is 11.5 Å². The molecule has 0 aromatic heterocycles. The topological polar surface area (TPSA) is 58.5 Å². The Hall–Kier alpha value is -1.16. The molecule has 4 N–H and O–H groups in total. The first-order valence-corrected chi connectivity index (χ1v) is 7.34. The van der Waals surface area contributed by atoms with Gasteiger partial charge in [0.15, 0.2) is 0 Å². The molecule has 1 aliphatic heterocycles. The lowest BCUT2D eigenvalue weighted by Crippen LogP contribution is -2.62. The highest BCUT2D eigenvalue weighted by molar-refractivity contribution is 5.14. The predicted octanol–water partition coefficient (Wildman–Crippen LogP) is 2.23. The monoisotopic (exact) mass is 280 g/mol. The van der Waals surface area contributed by atoms with Gasteiger partial charge in [-0.05, 0) is 66.7 Å². The SMILES string of the molecule is C/C(N)=C/C=C(\N)N(C)C1CC(C)(C)N(C)C(C)(C)C1. The van der Waals surface area contributed by atoms with Gasteiger partial charge in [-0.1, -0.05) is 0 Å². The maximum atomic E-state index is 6.18. The molecule has 20 heavy (non-hydrogen) atoms. The van der Waals surface area contributed by atoms with Crippen LogP contribution in [0.4, 0.5) is 0 Å². The molecule has 0 aliphatic carbocycles. The van der Waals surface area contributed by atoms with Crippen molar-refractivity contribution in [3.63, 3.8) is 0 Å². The van der Waals surface area contributed by atoms with E-state index in [1.54, 1.807) is 0 Å². The third kappa shape index (κ3) is 3.69. The third-order valence-corrected chi connectivity index (χ3v) is 4.76. The van der Waals surface area contributed by atoms with Crippen molar-refractivity contribution >= 4 is 0 Å². The van der Waals surface area contributed by atoms with E-state index in [1.807, 2.05) is 19.1 Å². The minimum atomic E-state index is 0.167. The van der Waals surface area contributed by atoms with Crippen LogP contribution in [-0.4, -0.2) is 41.0 Å². The molecule has 0 aromatic rings. The highest BCUT2D eigenvalue weighted by Crippen LogP contribution is 2.38. The number of nitrogens with two attached hydrogens (primary N) is 2. The van der Waals surface area contributed by atoms with Gasteiger partial charge in [-0.3, -0.25) is 4.90 Å². The van der Waals surface area contributed by atoms with Crippen molar-refractivity contribution in [1.29, 1.82) is 0 Å². The molecule has 0 saturated carbocycles. The largest absolute Gasteiger partial charge is 0.402 e. The first-order valence-electron chi connectivity index (χ1n) is 7.34. The van der Waals surface area contributed by atoms with E-state index >= 15 is 0 Å². The van der Waals surface area contributed by atoms with Crippen molar-refractivity contribution in [3.8, 4) is 0 Å². The fourth-order valence-electron chi connectivity index (χ4n) is 3.14.